The Labute approximate surface area is 206 Å². The van der Waals surface area contributed by atoms with Gasteiger partial charge in [0.2, 0.25) is 0 Å². The number of hydroxylamine groups is 3. The van der Waals surface area contributed by atoms with Gasteiger partial charge in [-0.3, -0.25) is 19.6 Å². The minimum atomic E-state index is -0.642. The lowest BCUT2D eigenvalue weighted by atomic mass is 9.90. The zero-order chi connectivity index (χ0) is 23.8. The number of nitrogens with one attached hydrogen (secondary N) is 1. The largest absolute Gasteiger partial charge is 0.325 e. The first-order valence-corrected chi connectivity index (χ1v) is 11.2. The van der Waals surface area contributed by atoms with E-state index in [-0.39, 0.29) is 36.0 Å². The molecule has 0 aliphatic carbocycles. The van der Waals surface area contributed by atoms with Gasteiger partial charge in [-0.25, -0.2) is 10.5 Å². The average Bonchev–Trinajstić information content (AvgIpc) is 2.87. The number of fused-ring (bicyclic) bond motifs is 1. The van der Waals surface area contributed by atoms with Crippen LogP contribution in [0.3, 0.4) is 0 Å². The van der Waals surface area contributed by atoms with Gasteiger partial charge >= 0.3 is 0 Å². The number of carbonyl (C=O) groups excluding carboxylic acids is 2. The molecule has 0 radical (unpaired) electrons. The van der Waals surface area contributed by atoms with Crippen LogP contribution in [-0.2, 0) is 11.4 Å². The minimum absolute atomic E-state index is 0. The normalized spacial score (nSPS) is 11.1. The first kappa shape index (κ1) is 27.3. The highest BCUT2D eigenvalue weighted by Gasteiger charge is 2.25. The van der Waals surface area contributed by atoms with Crippen LogP contribution in [0.1, 0.15) is 59.4 Å². The third-order valence-electron chi connectivity index (χ3n) is 6.20. The van der Waals surface area contributed by atoms with Gasteiger partial charge in [0.25, 0.3) is 11.8 Å². The number of rotatable bonds is 10. The number of halogens is 1. The van der Waals surface area contributed by atoms with E-state index >= 15 is 0 Å². The summed E-state index contributed by atoms with van der Waals surface area (Å²) in [4.78, 5) is 30.9. The Bertz CT molecular complexity index is 1100. The summed E-state index contributed by atoms with van der Waals surface area (Å²) in [6.45, 7) is 4.64. The molecule has 0 bridgehead atoms. The molecule has 182 valence electrons. The van der Waals surface area contributed by atoms with E-state index in [2.05, 4.69) is 0 Å². The maximum Gasteiger partial charge on any atom is 0.277 e. The number of benzene rings is 3. The van der Waals surface area contributed by atoms with Crippen LogP contribution in [0.15, 0.2) is 66.7 Å². The van der Waals surface area contributed by atoms with Crippen LogP contribution in [0.5, 0.6) is 0 Å². The lowest BCUT2D eigenvalue weighted by Crippen LogP contribution is -2.43. The standard InChI is InChI=1S/C26H31N3O4.ClH/c1-3-26(27,4-2)16-17-29(25(31)21-14-12-20(13-15-21)24(30)28-32)33-18-22-10-7-9-19-8-5-6-11-23(19)22;/h5-15,32H,3-4,16-18,27H2,1-2H3,(H,28,30);1H. The van der Waals surface area contributed by atoms with Gasteiger partial charge in [0.1, 0.15) is 6.61 Å². The highest BCUT2D eigenvalue weighted by Crippen LogP contribution is 2.22. The molecule has 0 saturated carbocycles. The van der Waals surface area contributed by atoms with Gasteiger partial charge < -0.3 is 5.73 Å². The summed E-state index contributed by atoms with van der Waals surface area (Å²) < 4.78 is 0. The summed E-state index contributed by atoms with van der Waals surface area (Å²) in [5.74, 6) is -0.961. The third-order valence-corrected chi connectivity index (χ3v) is 6.20. The van der Waals surface area contributed by atoms with E-state index in [1.165, 1.54) is 29.3 Å². The van der Waals surface area contributed by atoms with E-state index in [1.807, 2.05) is 56.3 Å². The van der Waals surface area contributed by atoms with Crippen LogP contribution in [-0.4, -0.2) is 34.2 Å². The minimum Gasteiger partial charge on any atom is -0.325 e. The fourth-order valence-corrected chi connectivity index (χ4v) is 3.69. The molecule has 8 heteroatoms. The molecule has 0 aliphatic heterocycles. The Balaban J connectivity index is 0.00000408. The highest BCUT2D eigenvalue weighted by molar-refractivity contribution is 5.97. The summed E-state index contributed by atoms with van der Waals surface area (Å²) in [5, 5.41) is 12.3. The van der Waals surface area contributed by atoms with E-state index in [0.29, 0.717) is 18.5 Å². The summed E-state index contributed by atoms with van der Waals surface area (Å²) in [5.41, 5.74) is 9.27. The highest BCUT2D eigenvalue weighted by atomic mass is 35.5. The van der Waals surface area contributed by atoms with Crippen LogP contribution in [0, 0.1) is 0 Å². The first-order chi connectivity index (χ1) is 15.9. The van der Waals surface area contributed by atoms with Crippen molar-refractivity contribution in [2.45, 2.75) is 45.3 Å². The van der Waals surface area contributed by atoms with Crippen molar-refractivity contribution in [3.8, 4) is 0 Å². The molecule has 3 aromatic rings. The molecule has 3 aromatic carbocycles. The molecule has 0 aliphatic rings. The van der Waals surface area contributed by atoms with Crippen LogP contribution >= 0.6 is 12.4 Å². The fourth-order valence-electron chi connectivity index (χ4n) is 3.69. The molecule has 4 N–H and O–H groups in total. The molecule has 0 unspecified atom stereocenters. The van der Waals surface area contributed by atoms with Gasteiger partial charge in [0, 0.05) is 16.7 Å². The summed E-state index contributed by atoms with van der Waals surface area (Å²) >= 11 is 0. The van der Waals surface area contributed by atoms with Crippen molar-refractivity contribution in [2.75, 3.05) is 6.54 Å². The third kappa shape index (κ3) is 6.55. The fraction of sp³-hybridized carbons (Fsp3) is 0.308. The smallest absolute Gasteiger partial charge is 0.277 e. The molecule has 34 heavy (non-hydrogen) atoms. The van der Waals surface area contributed by atoms with E-state index in [1.54, 1.807) is 5.48 Å². The number of amides is 2. The van der Waals surface area contributed by atoms with Crippen molar-refractivity contribution in [1.29, 1.82) is 0 Å². The van der Waals surface area contributed by atoms with Crippen LogP contribution in [0.2, 0.25) is 0 Å². The number of carbonyl (C=O) groups is 2. The summed E-state index contributed by atoms with van der Waals surface area (Å²) in [7, 11) is 0. The molecular weight excluding hydrogens is 454 g/mol. The Morgan fingerprint density at radius 2 is 1.59 bits per heavy atom. The Morgan fingerprint density at radius 1 is 0.971 bits per heavy atom. The quantitative estimate of drug-likeness (QED) is 0.281. The van der Waals surface area contributed by atoms with Crippen molar-refractivity contribution >= 4 is 35.0 Å². The number of hydrogen-bond acceptors (Lipinski definition) is 5. The second kappa shape index (κ2) is 12.5. The van der Waals surface area contributed by atoms with Crippen molar-refractivity contribution in [3.63, 3.8) is 0 Å². The summed E-state index contributed by atoms with van der Waals surface area (Å²) in [6.07, 6.45) is 2.17. The molecule has 0 spiro atoms. The van der Waals surface area contributed by atoms with E-state index in [9.17, 15) is 9.59 Å². The predicted octanol–water partition coefficient (Wildman–Crippen LogP) is 4.86. The molecule has 0 heterocycles. The molecule has 3 rings (SSSR count). The SMILES string of the molecule is CCC(N)(CC)CCN(OCc1cccc2ccccc12)C(=O)c1ccc(C(=O)NO)cc1.Cl. The van der Waals surface area contributed by atoms with Crippen molar-refractivity contribution in [2.24, 2.45) is 5.73 Å². The second-order valence-electron chi connectivity index (χ2n) is 8.16. The van der Waals surface area contributed by atoms with Gasteiger partial charge in [0.15, 0.2) is 0 Å². The van der Waals surface area contributed by atoms with Crippen molar-refractivity contribution in [3.05, 3.63) is 83.4 Å². The van der Waals surface area contributed by atoms with Crippen molar-refractivity contribution < 1.29 is 19.6 Å². The number of nitrogens with two attached hydrogens (primary N) is 1. The molecular formula is C26H32ClN3O4. The zero-order valence-corrected chi connectivity index (χ0v) is 20.3. The second-order valence-corrected chi connectivity index (χ2v) is 8.16. The molecule has 7 nitrogen and oxygen atoms in total. The first-order valence-electron chi connectivity index (χ1n) is 11.2. The number of nitrogens with zero attached hydrogens (tertiary/aromatic N) is 1. The molecule has 0 saturated heterocycles. The maximum absolute atomic E-state index is 13.3. The molecule has 0 atom stereocenters. The molecule has 0 aromatic heterocycles. The lowest BCUT2D eigenvalue weighted by Gasteiger charge is -2.30. The van der Waals surface area contributed by atoms with E-state index in [0.717, 1.165) is 29.2 Å². The number of hydrogen-bond donors (Lipinski definition) is 3. The topological polar surface area (TPSA) is 105 Å². The molecule has 0 fully saturated rings. The monoisotopic (exact) mass is 485 g/mol. The van der Waals surface area contributed by atoms with Gasteiger partial charge in [-0.15, -0.1) is 12.4 Å². The van der Waals surface area contributed by atoms with Crippen LogP contribution in [0.4, 0.5) is 0 Å². The predicted molar refractivity (Wildman–Crippen MR) is 135 cm³/mol. The van der Waals surface area contributed by atoms with Crippen LogP contribution < -0.4 is 11.2 Å². The maximum atomic E-state index is 13.3. The molecule has 2 amide bonds. The van der Waals surface area contributed by atoms with E-state index < -0.39 is 5.91 Å². The van der Waals surface area contributed by atoms with E-state index in [4.69, 9.17) is 15.8 Å². The Kier molecular flexibility index (Phi) is 10.0. The van der Waals surface area contributed by atoms with Crippen molar-refractivity contribution in [1.82, 2.24) is 10.5 Å². The van der Waals surface area contributed by atoms with Gasteiger partial charge in [-0.2, -0.15) is 0 Å². The zero-order valence-electron chi connectivity index (χ0n) is 19.5. The Morgan fingerprint density at radius 3 is 2.24 bits per heavy atom. The summed E-state index contributed by atoms with van der Waals surface area (Å²) in [6, 6.07) is 20.1. The average molecular weight is 486 g/mol. The van der Waals surface area contributed by atoms with Gasteiger partial charge in [-0.05, 0) is 59.9 Å². The van der Waals surface area contributed by atoms with Crippen LogP contribution in [0.25, 0.3) is 10.8 Å². The Hall–Kier alpha value is -2.97. The van der Waals surface area contributed by atoms with Gasteiger partial charge in [0.05, 0.1) is 6.54 Å². The van der Waals surface area contributed by atoms with Gasteiger partial charge in [-0.1, -0.05) is 56.3 Å². The lowest BCUT2D eigenvalue weighted by molar-refractivity contribution is -0.135.